The Kier molecular flexibility index (Phi) is 6.66. The normalized spacial score (nSPS) is 10.3. The van der Waals surface area contributed by atoms with Crippen LogP contribution in [0.3, 0.4) is 0 Å². The summed E-state index contributed by atoms with van der Waals surface area (Å²) in [6, 6.07) is 4.73. The lowest BCUT2D eigenvalue weighted by Gasteiger charge is -2.07. The number of halogens is 3. The number of hydrogen-bond acceptors (Lipinski definition) is 2. The molecule has 0 heterocycles. The summed E-state index contributed by atoms with van der Waals surface area (Å²) in [5, 5.41) is 3.51. The van der Waals surface area contributed by atoms with Crippen LogP contribution < -0.4 is 5.32 Å². The van der Waals surface area contributed by atoms with Crippen LogP contribution >= 0.6 is 34.8 Å². The number of nitrogens with one attached hydrogen (secondary N) is 1. The van der Waals surface area contributed by atoms with E-state index in [9.17, 15) is 4.79 Å². The van der Waals surface area contributed by atoms with E-state index in [0.29, 0.717) is 41.2 Å². The van der Waals surface area contributed by atoms with Crippen LogP contribution in [0.15, 0.2) is 18.2 Å². The third-order valence-corrected chi connectivity index (χ3v) is 2.63. The van der Waals surface area contributed by atoms with E-state index in [-0.39, 0.29) is 5.91 Å². The van der Waals surface area contributed by atoms with Gasteiger partial charge in [0.2, 0.25) is 0 Å². The van der Waals surface area contributed by atoms with E-state index >= 15 is 0 Å². The second-order valence-corrected chi connectivity index (χ2v) is 4.40. The van der Waals surface area contributed by atoms with E-state index in [1.165, 1.54) is 6.07 Å². The minimum absolute atomic E-state index is 0.249. The fraction of sp³-hybridized carbons (Fsp3) is 0.364. The molecular formula is C11H12Cl3NO2. The zero-order valence-electron chi connectivity index (χ0n) is 9.01. The third kappa shape index (κ3) is 5.13. The SMILES string of the molecule is O=C(NCCOCCCl)c1ccc(Cl)cc1Cl. The fourth-order valence-electron chi connectivity index (χ4n) is 1.16. The molecule has 1 N–H and O–H groups in total. The van der Waals surface area contributed by atoms with E-state index in [4.69, 9.17) is 39.5 Å². The summed E-state index contributed by atoms with van der Waals surface area (Å²) in [6.07, 6.45) is 0. The Morgan fingerprint density at radius 3 is 2.71 bits per heavy atom. The summed E-state index contributed by atoms with van der Waals surface area (Å²) in [5.74, 6) is 0.192. The van der Waals surface area contributed by atoms with Crippen LogP contribution in [0.5, 0.6) is 0 Å². The molecular weight excluding hydrogens is 284 g/mol. The van der Waals surface area contributed by atoms with Crippen LogP contribution in [0.2, 0.25) is 10.0 Å². The van der Waals surface area contributed by atoms with E-state index < -0.39 is 0 Å². The van der Waals surface area contributed by atoms with Gasteiger partial charge in [-0.05, 0) is 18.2 Å². The van der Waals surface area contributed by atoms with E-state index in [1.54, 1.807) is 12.1 Å². The molecule has 17 heavy (non-hydrogen) atoms. The van der Waals surface area contributed by atoms with Crippen LogP contribution in [-0.2, 0) is 4.74 Å². The van der Waals surface area contributed by atoms with Gasteiger partial charge in [0.15, 0.2) is 0 Å². The van der Waals surface area contributed by atoms with Gasteiger partial charge >= 0.3 is 0 Å². The summed E-state index contributed by atoms with van der Waals surface area (Å²) < 4.78 is 5.12. The quantitative estimate of drug-likeness (QED) is 0.647. The fourth-order valence-corrected chi connectivity index (χ4v) is 1.77. The molecule has 0 aromatic heterocycles. The minimum Gasteiger partial charge on any atom is -0.378 e. The molecule has 3 nitrogen and oxygen atoms in total. The number of hydrogen-bond donors (Lipinski definition) is 1. The molecule has 0 fully saturated rings. The maximum absolute atomic E-state index is 11.7. The average molecular weight is 297 g/mol. The van der Waals surface area contributed by atoms with Gasteiger partial charge in [0.25, 0.3) is 5.91 Å². The van der Waals surface area contributed by atoms with Gasteiger partial charge < -0.3 is 10.1 Å². The smallest absolute Gasteiger partial charge is 0.252 e. The highest BCUT2D eigenvalue weighted by molar-refractivity contribution is 6.36. The van der Waals surface area contributed by atoms with E-state index in [2.05, 4.69) is 5.32 Å². The summed E-state index contributed by atoms with van der Waals surface area (Å²) in [5.41, 5.74) is 0.397. The van der Waals surface area contributed by atoms with Crippen molar-refractivity contribution in [2.75, 3.05) is 25.6 Å². The Bertz CT molecular complexity index is 385. The minimum atomic E-state index is -0.249. The zero-order chi connectivity index (χ0) is 12.7. The second-order valence-electron chi connectivity index (χ2n) is 3.18. The van der Waals surface area contributed by atoms with Gasteiger partial charge in [0.1, 0.15) is 0 Å². The largest absolute Gasteiger partial charge is 0.378 e. The van der Waals surface area contributed by atoms with Crippen molar-refractivity contribution in [1.29, 1.82) is 0 Å². The monoisotopic (exact) mass is 295 g/mol. The molecule has 0 atom stereocenters. The standard InChI is InChI=1S/C11H12Cl3NO2/c12-3-5-17-6-4-15-11(16)9-2-1-8(13)7-10(9)14/h1-2,7H,3-6H2,(H,15,16). The first-order valence-electron chi connectivity index (χ1n) is 5.02. The Labute approximate surface area is 115 Å². The predicted octanol–water partition coefficient (Wildman–Crippen LogP) is 2.98. The highest BCUT2D eigenvalue weighted by atomic mass is 35.5. The Hall–Kier alpha value is -0.480. The van der Waals surface area contributed by atoms with Gasteiger partial charge in [-0.15, -0.1) is 11.6 Å². The number of carbonyl (C=O) groups excluding carboxylic acids is 1. The molecule has 0 aliphatic heterocycles. The number of benzene rings is 1. The molecule has 0 bridgehead atoms. The number of alkyl halides is 1. The highest BCUT2D eigenvalue weighted by Crippen LogP contribution is 2.20. The molecule has 1 rings (SSSR count). The van der Waals surface area contributed by atoms with Crippen molar-refractivity contribution in [1.82, 2.24) is 5.32 Å². The van der Waals surface area contributed by atoms with Crippen molar-refractivity contribution in [2.45, 2.75) is 0 Å². The molecule has 0 aliphatic rings. The van der Waals surface area contributed by atoms with Gasteiger partial charge in [0.05, 0.1) is 23.8 Å². The molecule has 1 aromatic rings. The van der Waals surface area contributed by atoms with Gasteiger partial charge in [-0.25, -0.2) is 0 Å². The Balaban J connectivity index is 2.42. The third-order valence-electron chi connectivity index (χ3n) is 1.93. The van der Waals surface area contributed by atoms with Crippen LogP contribution in [0.1, 0.15) is 10.4 Å². The maximum atomic E-state index is 11.7. The second kappa shape index (κ2) is 7.77. The first-order chi connectivity index (χ1) is 8.15. The van der Waals surface area contributed by atoms with Gasteiger partial charge in [-0.3, -0.25) is 4.79 Å². The molecule has 94 valence electrons. The number of carbonyl (C=O) groups is 1. The summed E-state index contributed by atoms with van der Waals surface area (Å²) in [4.78, 5) is 11.7. The van der Waals surface area contributed by atoms with Crippen molar-refractivity contribution >= 4 is 40.7 Å². The van der Waals surface area contributed by atoms with Gasteiger partial charge in [-0.2, -0.15) is 0 Å². The van der Waals surface area contributed by atoms with Crippen molar-refractivity contribution in [3.8, 4) is 0 Å². The van der Waals surface area contributed by atoms with Crippen molar-refractivity contribution in [3.63, 3.8) is 0 Å². The number of amides is 1. The molecule has 0 spiro atoms. The molecule has 0 saturated heterocycles. The molecule has 0 aliphatic carbocycles. The lowest BCUT2D eigenvalue weighted by molar-refractivity contribution is 0.0923. The Morgan fingerprint density at radius 1 is 1.29 bits per heavy atom. The van der Waals surface area contributed by atoms with Crippen LogP contribution in [0, 0.1) is 0 Å². The topological polar surface area (TPSA) is 38.3 Å². The first-order valence-corrected chi connectivity index (χ1v) is 6.31. The van der Waals surface area contributed by atoms with E-state index in [1.807, 2.05) is 0 Å². The average Bonchev–Trinajstić information content (AvgIpc) is 2.28. The first kappa shape index (κ1) is 14.6. The molecule has 1 aromatic carbocycles. The molecule has 1 amide bonds. The lowest BCUT2D eigenvalue weighted by Crippen LogP contribution is -2.27. The van der Waals surface area contributed by atoms with Gasteiger partial charge in [0, 0.05) is 17.4 Å². The summed E-state index contributed by atoms with van der Waals surface area (Å²) in [7, 11) is 0. The predicted molar refractivity (Wildman–Crippen MR) is 70.3 cm³/mol. The lowest BCUT2D eigenvalue weighted by atomic mass is 10.2. The van der Waals surface area contributed by atoms with Crippen molar-refractivity contribution < 1.29 is 9.53 Å². The summed E-state index contributed by atoms with van der Waals surface area (Å²) >= 11 is 17.1. The van der Waals surface area contributed by atoms with Gasteiger partial charge in [-0.1, -0.05) is 23.2 Å². The highest BCUT2D eigenvalue weighted by Gasteiger charge is 2.09. The number of rotatable bonds is 6. The molecule has 0 saturated carbocycles. The van der Waals surface area contributed by atoms with Crippen LogP contribution in [0.25, 0.3) is 0 Å². The maximum Gasteiger partial charge on any atom is 0.252 e. The molecule has 6 heteroatoms. The molecule has 0 unspecified atom stereocenters. The Morgan fingerprint density at radius 2 is 2.06 bits per heavy atom. The number of ether oxygens (including phenoxy) is 1. The zero-order valence-corrected chi connectivity index (χ0v) is 11.3. The van der Waals surface area contributed by atoms with Crippen molar-refractivity contribution in [2.24, 2.45) is 0 Å². The summed E-state index contributed by atoms with van der Waals surface area (Å²) in [6.45, 7) is 1.30. The van der Waals surface area contributed by atoms with Crippen molar-refractivity contribution in [3.05, 3.63) is 33.8 Å². The van der Waals surface area contributed by atoms with Crippen LogP contribution in [0.4, 0.5) is 0 Å². The van der Waals surface area contributed by atoms with E-state index in [0.717, 1.165) is 0 Å². The molecule has 0 radical (unpaired) electrons. The van der Waals surface area contributed by atoms with Crippen LogP contribution in [-0.4, -0.2) is 31.5 Å².